The molecule has 186 valence electrons. The molecule has 3 aliphatic rings. The summed E-state index contributed by atoms with van der Waals surface area (Å²) in [6.07, 6.45) is 1.28. The number of rotatable bonds is 6. The second-order valence-corrected chi connectivity index (χ2v) is 14.6. The predicted octanol–water partition coefficient (Wildman–Crippen LogP) is 3.54. The Morgan fingerprint density at radius 3 is 2.51 bits per heavy atom. The number of benzene rings is 2. The van der Waals surface area contributed by atoms with Crippen molar-refractivity contribution in [3.8, 4) is 0 Å². The van der Waals surface area contributed by atoms with E-state index in [1.165, 1.54) is 0 Å². The van der Waals surface area contributed by atoms with Crippen LogP contribution in [0.5, 0.6) is 0 Å². The molecule has 8 heteroatoms. The zero-order chi connectivity index (χ0) is 25.0. The summed E-state index contributed by atoms with van der Waals surface area (Å²) in [6, 6.07) is 15.6. The lowest BCUT2D eigenvalue weighted by Gasteiger charge is -2.32. The number of aliphatic hydroxyl groups excluding tert-OH is 1. The van der Waals surface area contributed by atoms with Gasteiger partial charge in [0.25, 0.3) is 5.91 Å². The fourth-order valence-electron chi connectivity index (χ4n) is 6.47. The van der Waals surface area contributed by atoms with Crippen LogP contribution in [-0.2, 0) is 26.5 Å². The summed E-state index contributed by atoms with van der Waals surface area (Å²) in [5.74, 6) is -0.343. The van der Waals surface area contributed by atoms with Crippen LogP contribution in [-0.4, -0.2) is 49.3 Å². The number of amides is 2. The summed E-state index contributed by atoms with van der Waals surface area (Å²) in [5, 5.41) is 9.77. The Morgan fingerprint density at radius 2 is 1.89 bits per heavy atom. The highest BCUT2D eigenvalue weighted by molar-refractivity contribution is 6.71. The first kappa shape index (κ1) is 24.2. The minimum absolute atomic E-state index is 0.0778. The van der Waals surface area contributed by atoms with E-state index in [0.717, 1.165) is 28.9 Å². The molecule has 35 heavy (non-hydrogen) atoms. The molecule has 4 atom stereocenters. The van der Waals surface area contributed by atoms with Crippen LogP contribution < -0.4 is 9.80 Å². The van der Waals surface area contributed by atoms with Gasteiger partial charge in [-0.2, -0.15) is 0 Å². The molecule has 2 fully saturated rings. The third-order valence-electron chi connectivity index (χ3n) is 7.95. The lowest BCUT2D eigenvalue weighted by atomic mass is 9.82. The van der Waals surface area contributed by atoms with Gasteiger partial charge < -0.3 is 24.4 Å². The molecule has 2 N–H and O–H groups in total. The summed E-state index contributed by atoms with van der Waals surface area (Å²) in [6.45, 7) is 6.74. The SMILES string of the molecule is C[C@H]1[C@H]([Si](C)(C)O)[C@@H](CCO)O[C@]12C(=O)N(Cc1ccccc1)c1ccc(N3CCCC3=O)cc12. The molecule has 1 spiro atoms. The Hall–Kier alpha value is -2.52. The van der Waals surface area contributed by atoms with Gasteiger partial charge in [-0.05, 0) is 49.7 Å². The second-order valence-electron chi connectivity index (χ2n) is 10.6. The van der Waals surface area contributed by atoms with Crippen molar-refractivity contribution in [2.24, 2.45) is 5.92 Å². The van der Waals surface area contributed by atoms with Crippen molar-refractivity contribution in [2.75, 3.05) is 23.0 Å². The molecule has 2 saturated heterocycles. The van der Waals surface area contributed by atoms with Gasteiger partial charge in [0.15, 0.2) is 13.9 Å². The quantitative estimate of drug-likeness (QED) is 0.600. The molecule has 2 aromatic rings. The van der Waals surface area contributed by atoms with Crippen LogP contribution in [0.2, 0.25) is 18.6 Å². The van der Waals surface area contributed by atoms with Crippen molar-refractivity contribution in [2.45, 2.75) is 63.1 Å². The van der Waals surface area contributed by atoms with Crippen molar-refractivity contribution in [3.63, 3.8) is 0 Å². The Morgan fingerprint density at radius 1 is 1.14 bits per heavy atom. The van der Waals surface area contributed by atoms with Gasteiger partial charge in [-0.25, -0.2) is 0 Å². The van der Waals surface area contributed by atoms with Gasteiger partial charge in [-0.1, -0.05) is 37.3 Å². The molecule has 2 aromatic carbocycles. The first-order valence-corrected chi connectivity index (χ1v) is 15.5. The highest BCUT2D eigenvalue weighted by Gasteiger charge is 2.66. The smallest absolute Gasteiger partial charge is 0.264 e. The maximum Gasteiger partial charge on any atom is 0.264 e. The van der Waals surface area contributed by atoms with Gasteiger partial charge in [-0.3, -0.25) is 9.59 Å². The molecule has 5 rings (SSSR count). The number of carbonyl (C=O) groups is 2. The number of fused-ring (bicyclic) bond motifs is 2. The first-order valence-electron chi connectivity index (χ1n) is 12.5. The second kappa shape index (κ2) is 8.85. The van der Waals surface area contributed by atoms with Crippen LogP contribution in [0.15, 0.2) is 48.5 Å². The number of anilines is 2. The van der Waals surface area contributed by atoms with E-state index < -0.39 is 20.0 Å². The molecule has 0 aromatic heterocycles. The van der Waals surface area contributed by atoms with Gasteiger partial charge in [0.05, 0.1) is 18.3 Å². The minimum atomic E-state index is -2.75. The van der Waals surface area contributed by atoms with Crippen LogP contribution in [0.25, 0.3) is 0 Å². The number of aliphatic hydroxyl groups is 1. The van der Waals surface area contributed by atoms with Crippen molar-refractivity contribution < 1.29 is 24.2 Å². The Labute approximate surface area is 207 Å². The summed E-state index contributed by atoms with van der Waals surface area (Å²) in [7, 11) is -2.75. The standard InChI is InChI=1S/C27H34N2O5Si/c1-18-25(35(2,3)33)23(13-15-30)34-27(18)21-16-20(28-14-7-10-24(28)31)11-12-22(21)29(26(27)32)17-19-8-5-4-6-9-19/h4-6,8-9,11-12,16,18,23,25,30,33H,7,10,13-15,17H2,1-3H3/t18-,23+,25-,27+/m0/s1. The summed E-state index contributed by atoms with van der Waals surface area (Å²) in [4.78, 5) is 41.6. The van der Waals surface area contributed by atoms with Crippen molar-refractivity contribution in [1.29, 1.82) is 0 Å². The first-order chi connectivity index (χ1) is 16.7. The third kappa shape index (κ3) is 3.83. The van der Waals surface area contributed by atoms with Crippen LogP contribution in [0.1, 0.15) is 37.3 Å². The normalized spacial score (nSPS) is 28.4. The number of carbonyl (C=O) groups excluding carboxylic acids is 2. The Bertz CT molecular complexity index is 1130. The highest BCUT2D eigenvalue weighted by Crippen LogP contribution is 2.60. The van der Waals surface area contributed by atoms with Crippen molar-refractivity contribution >= 4 is 31.5 Å². The third-order valence-corrected chi connectivity index (χ3v) is 10.5. The highest BCUT2D eigenvalue weighted by atomic mass is 28.4. The Balaban J connectivity index is 1.65. The van der Waals surface area contributed by atoms with Gasteiger partial charge >= 0.3 is 0 Å². The summed E-state index contributed by atoms with van der Waals surface area (Å²) in [5.41, 5.74) is 1.83. The molecular formula is C27H34N2O5Si. The molecule has 2 amide bonds. The lowest BCUT2D eigenvalue weighted by Crippen LogP contribution is -2.46. The van der Waals surface area contributed by atoms with Crippen molar-refractivity contribution in [1.82, 2.24) is 0 Å². The Kier molecular flexibility index (Phi) is 6.12. The van der Waals surface area contributed by atoms with E-state index in [9.17, 15) is 19.5 Å². The zero-order valence-corrected chi connectivity index (χ0v) is 21.6. The predicted molar refractivity (Wildman–Crippen MR) is 137 cm³/mol. The monoisotopic (exact) mass is 494 g/mol. The summed E-state index contributed by atoms with van der Waals surface area (Å²) >= 11 is 0. The molecular weight excluding hydrogens is 460 g/mol. The van der Waals surface area contributed by atoms with E-state index in [2.05, 4.69) is 0 Å². The molecule has 7 nitrogen and oxygen atoms in total. The van der Waals surface area contributed by atoms with Crippen LogP contribution >= 0.6 is 0 Å². The van der Waals surface area contributed by atoms with Gasteiger partial charge in [0, 0.05) is 42.3 Å². The number of nitrogens with zero attached hydrogens (tertiary/aromatic N) is 2. The van der Waals surface area contributed by atoms with Gasteiger partial charge in [0.2, 0.25) is 5.91 Å². The largest absolute Gasteiger partial charge is 0.432 e. The van der Waals surface area contributed by atoms with Crippen molar-refractivity contribution in [3.05, 3.63) is 59.7 Å². The molecule has 0 unspecified atom stereocenters. The van der Waals surface area contributed by atoms with Crippen LogP contribution in [0.3, 0.4) is 0 Å². The maximum absolute atomic E-state index is 14.3. The molecule has 0 radical (unpaired) electrons. The topological polar surface area (TPSA) is 90.3 Å². The summed E-state index contributed by atoms with van der Waals surface area (Å²) < 4.78 is 6.67. The van der Waals surface area contributed by atoms with E-state index in [1.54, 1.807) is 9.80 Å². The fourth-order valence-corrected chi connectivity index (χ4v) is 9.08. The molecule has 0 saturated carbocycles. The van der Waals surface area contributed by atoms with Crippen LogP contribution in [0, 0.1) is 5.92 Å². The average molecular weight is 495 g/mol. The van der Waals surface area contributed by atoms with E-state index in [4.69, 9.17) is 4.74 Å². The average Bonchev–Trinajstić information content (AvgIpc) is 3.44. The number of hydrogen-bond donors (Lipinski definition) is 2. The van der Waals surface area contributed by atoms with E-state index in [-0.39, 0.29) is 29.9 Å². The number of ether oxygens (including phenoxy) is 1. The van der Waals surface area contributed by atoms with Crippen LogP contribution in [0.4, 0.5) is 11.4 Å². The fraction of sp³-hybridized carbons (Fsp3) is 0.481. The lowest BCUT2D eigenvalue weighted by molar-refractivity contribution is -0.146. The molecule has 3 heterocycles. The zero-order valence-electron chi connectivity index (χ0n) is 20.6. The number of hydrogen-bond acceptors (Lipinski definition) is 5. The van der Waals surface area contributed by atoms with E-state index in [0.29, 0.717) is 25.9 Å². The molecule has 3 aliphatic heterocycles. The van der Waals surface area contributed by atoms with E-state index >= 15 is 0 Å². The van der Waals surface area contributed by atoms with Gasteiger partial charge in [-0.15, -0.1) is 0 Å². The molecule has 0 aliphatic carbocycles. The minimum Gasteiger partial charge on any atom is -0.432 e. The maximum atomic E-state index is 14.3. The van der Waals surface area contributed by atoms with Gasteiger partial charge in [0.1, 0.15) is 0 Å². The van der Waals surface area contributed by atoms with E-state index in [1.807, 2.05) is 68.5 Å². The molecule has 0 bridgehead atoms.